The predicted molar refractivity (Wildman–Crippen MR) is 97.1 cm³/mol. The summed E-state index contributed by atoms with van der Waals surface area (Å²) in [6.45, 7) is 1.77. The Morgan fingerprint density at radius 1 is 1.16 bits per heavy atom. The van der Waals surface area contributed by atoms with Gasteiger partial charge in [0.25, 0.3) is 5.91 Å². The topological polar surface area (TPSA) is 69.0 Å². The zero-order chi connectivity index (χ0) is 18.0. The first-order chi connectivity index (χ1) is 12.0. The smallest absolute Gasteiger partial charge is 0.278 e. The summed E-state index contributed by atoms with van der Waals surface area (Å²) in [7, 11) is 1.60. The van der Waals surface area contributed by atoms with Crippen LogP contribution in [0.4, 0.5) is 5.69 Å². The molecule has 128 valence electrons. The number of methoxy groups -OCH3 is 1. The highest BCUT2D eigenvalue weighted by molar-refractivity contribution is 6.36. The summed E-state index contributed by atoms with van der Waals surface area (Å²) in [6, 6.07) is 12.1. The van der Waals surface area contributed by atoms with Crippen molar-refractivity contribution < 1.29 is 9.53 Å². The van der Waals surface area contributed by atoms with Gasteiger partial charge in [0.2, 0.25) is 0 Å². The average Bonchev–Trinajstić information content (AvgIpc) is 2.99. The van der Waals surface area contributed by atoms with Crippen LogP contribution in [0.25, 0.3) is 5.69 Å². The Hall–Kier alpha value is -2.57. The van der Waals surface area contributed by atoms with Gasteiger partial charge in [0.05, 0.1) is 29.2 Å². The molecular weight excluding hydrogens is 363 g/mol. The minimum Gasteiger partial charge on any atom is -0.497 e. The molecule has 0 fully saturated rings. The number of benzene rings is 2. The predicted octanol–water partition coefficient (Wildman–Crippen LogP) is 4.14. The fourth-order valence-electron chi connectivity index (χ4n) is 2.28. The van der Waals surface area contributed by atoms with E-state index in [-0.39, 0.29) is 5.69 Å². The Balaban J connectivity index is 1.85. The number of anilines is 1. The van der Waals surface area contributed by atoms with E-state index in [4.69, 9.17) is 27.9 Å². The zero-order valence-electron chi connectivity index (χ0n) is 13.5. The van der Waals surface area contributed by atoms with E-state index in [0.717, 1.165) is 11.4 Å². The lowest BCUT2D eigenvalue weighted by Gasteiger charge is -2.07. The van der Waals surface area contributed by atoms with Crippen molar-refractivity contribution in [3.8, 4) is 11.4 Å². The molecule has 0 saturated carbocycles. The van der Waals surface area contributed by atoms with Gasteiger partial charge in [-0.25, -0.2) is 4.68 Å². The molecular formula is C17H14Cl2N4O2. The third-order valence-electron chi connectivity index (χ3n) is 3.61. The minimum absolute atomic E-state index is 0.210. The first kappa shape index (κ1) is 17.3. The summed E-state index contributed by atoms with van der Waals surface area (Å²) in [5.41, 5.74) is 2.04. The molecule has 6 nitrogen and oxygen atoms in total. The van der Waals surface area contributed by atoms with Gasteiger partial charge in [-0.1, -0.05) is 28.4 Å². The molecule has 2 aromatic carbocycles. The molecule has 0 atom stereocenters. The molecule has 0 aliphatic carbocycles. The van der Waals surface area contributed by atoms with E-state index in [0.29, 0.717) is 21.4 Å². The summed E-state index contributed by atoms with van der Waals surface area (Å²) in [6.07, 6.45) is 0. The van der Waals surface area contributed by atoms with Crippen molar-refractivity contribution in [1.82, 2.24) is 15.0 Å². The summed E-state index contributed by atoms with van der Waals surface area (Å²) in [4.78, 5) is 12.5. The van der Waals surface area contributed by atoms with Crippen LogP contribution in [0.1, 0.15) is 16.2 Å². The zero-order valence-corrected chi connectivity index (χ0v) is 15.0. The molecule has 3 rings (SSSR count). The normalized spacial score (nSPS) is 10.6. The van der Waals surface area contributed by atoms with E-state index in [1.54, 1.807) is 36.9 Å². The molecule has 3 aromatic rings. The van der Waals surface area contributed by atoms with Crippen molar-refractivity contribution >= 4 is 34.8 Å². The monoisotopic (exact) mass is 376 g/mol. The number of rotatable bonds is 4. The van der Waals surface area contributed by atoms with Crippen molar-refractivity contribution in [3.63, 3.8) is 0 Å². The molecule has 0 aliphatic rings. The molecule has 1 N–H and O–H groups in total. The number of hydrogen-bond donors (Lipinski definition) is 1. The van der Waals surface area contributed by atoms with Crippen LogP contribution in [-0.4, -0.2) is 28.0 Å². The lowest BCUT2D eigenvalue weighted by atomic mass is 10.2. The highest BCUT2D eigenvalue weighted by atomic mass is 35.5. The van der Waals surface area contributed by atoms with Gasteiger partial charge < -0.3 is 10.1 Å². The van der Waals surface area contributed by atoms with Crippen LogP contribution in [0.2, 0.25) is 10.0 Å². The quantitative estimate of drug-likeness (QED) is 0.742. The van der Waals surface area contributed by atoms with Crippen molar-refractivity contribution in [2.24, 2.45) is 0 Å². The van der Waals surface area contributed by atoms with Gasteiger partial charge in [-0.2, -0.15) is 0 Å². The van der Waals surface area contributed by atoms with Crippen molar-refractivity contribution in [3.05, 3.63) is 63.9 Å². The second-order valence-electron chi connectivity index (χ2n) is 5.21. The van der Waals surface area contributed by atoms with E-state index in [9.17, 15) is 4.79 Å². The van der Waals surface area contributed by atoms with Crippen LogP contribution in [0.15, 0.2) is 42.5 Å². The van der Waals surface area contributed by atoms with E-state index >= 15 is 0 Å². The Morgan fingerprint density at radius 3 is 2.52 bits per heavy atom. The second-order valence-corrected chi connectivity index (χ2v) is 6.06. The van der Waals surface area contributed by atoms with Crippen molar-refractivity contribution in [2.75, 3.05) is 12.4 Å². The number of amides is 1. The number of carbonyl (C=O) groups excluding carboxylic acids is 1. The standard InChI is InChI=1S/C17H14Cl2N4O2/c1-10-16(17(24)20-15-8-3-11(18)9-14(15)19)21-22-23(10)12-4-6-13(25-2)7-5-12/h3-9H,1-2H3,(H,20,24). The molecule has 1 aromatic heterocycles. The number of hydrogen-bond acceptors (Lipinski definition) is 4. The average molecular weight is 377 g/mol. The van der Waals surface area contributed by atoms with Crippen LogP contribution in [-0.2, 0) is 0 Å². The summed E-state index contributed by atoms with van der Waals surface area (Å²) in [5.74, 6) is 0.332. The Kier molecular flexibility index (Phi) is 4.92. The van der Waals surface area contributed by atoms with Crippen LogP contribution in [0.3, 0.4) is 0 Å². The first-order valence-electron chi connectivity index (χ1n) is 7.32. The van der Waals surface area contributed by atoms with Crippen LogP contribution < -0.4 is 10.1 Å². The lowest BCUT2D eigenvalue weighted by Crippen LogP contribution is -2.14. The van der Waals surface area contributed by atoms with Gasteiger partial charge in [-0.15, -0.1) is 5.10 Å². The molecule has 0 bridgehead atoms. The van der Waals surface area contributed by atoms with E-state index in [2.05, 4.69) is 15.6 Å². The van der Waals surface area contributed by atoms with Gasteiger partial charge in [0.1, 0.15) is 5.75 Å². The third kappa shape index (κ3) is 3.60. The minimum atomic E-state index is -0.401. The highest BCUT2D eigenvalue weighted by Gasteiger charge is 2.18. The summed E-state index contributed by atoms with van der Waals surface area (Å²) in [5, 5.41) is 11.6. The largest absolute Gasteiger partial charge is 0.497 e. The fraction of sp³-hybridized carbons (Fsp3) is 0.118. The number of carbonyl (C=O) groups is 1. The molecule has 0 saturated heterocycles. The first-order valence-corrected chi connectivity index (χ1v) is 8.08. The molecule has 1 heterocycles. The van der Waals surface area contributed by atoms with Crippen molar-refractivity contribution in [2.45, 2.75) is 6.92 Å². The number of aromatic nitrogens is 3. The summed E-state index contributed by atoms with van der Waals surface area (Å²) >= 11 is 11.9. The molecule has 0 spiro atoms. The molecule has 8 heteroatoms. The lowest BCUT2D eigenvalue weighted by molar-refractivity contribution is 0.102. The van der Waals surface area contributed by atoms with E-state index in [1.807, 2.05) is 24.3 Å². The number of nitrogens with zero attached hydrogens (tertiary/aromatic N) is 3. The van der Waals surface area contributed by atoms with Gasteiger partial charge >= 0.3 is 0 Å². The Morgan fingerprint density at radius 2 is 1.88 bits per heavy atom. The molecule has 0 radical (unpaired) electrons. The second kappa shape index (κ2) is 7.13. The van der Waals surface area contributed by atoms with E-state index in [1.165, 1.54) is 0 Å². The van der Waals surface area contributed by atoms with Crippen LogP contribution >= 0.6 is 23.2 Å². The summed E-state index contributed by atoms with van der Waals surface area (Å²) < 4.78 is 6.71. The van der Waals surface area contributed by atoms with Crippen LogP contribution in [0.5, 0.6) is 5.75 Å². The maximum Gasteiger partial charge on any atom is 0.278 e. The SMILES string of the molecule is COc1ccc(-n2nnc(C(=O)Nc3ccc(Cl)cc3Cl)c2C)cc1. The van der Waals surface area contributed by atoms with Gasteiger partial charge in [-0.05, 0) is 49.4 Å². The highest BCUT2D eigenvalue weighted by Crippen LogP contribution is 2.26. The van der Waals surface area contributed by atoms with Crippen molar-refractivity contribution in [1.29, 1.82) is 0 Å². The number of halogens is 2. The maximum atomic E-state index is 12.5. The van der Waals surface area contributed by atoms with Gasteiger partial charge in [0.15, 0.2) is 5.69 Å². The third-order valence-corrected chi connectivity index (χ3v) is 4.15. The van der Waals surface area contributed by atoms with Gasteiger partial charge in [-0.3, -0.25) is 4.79 Å². The molecule has 0 aliphatic heterocycles. The van der Waals surface area contributed by atoms with Crippen LogP contribution in [0, 0.1) is 6.92 Å². The number of nitrogens with one attached hydrogen (secondary N) is 1. The Labute approximate surface area is 154 Å². The molecule has 25 heavy (non-hydrogen) atoms. The maximum absolute atomic E-state index is 12.5. The number of ether oxygens (including phenoxy) is 1. The fourth-order valence-corrected chi connectivity index (χ4v) is 2.74. The molecule has 0 unspecified atom stereocenters. The van der Waals surface area contributed by atoms with E-state index < -0.39 is 5.91 Å². The Bertz CT molecular complexity index is 923. The molecule has 1 amide bonds. The van der Waals surface area contributed by atoms with Gasteiger partial charge in [0, 0.05) is 5.02 Å².